The van der Waals surface area contributed by atoms with E-state index in [1.54, 1.807) is 36.4 Å². The molecular weight excluding hydrogens is 464 g/mol. The summed E-state index contributed by atoms with van der Waals surface area (Å²) in [7, 11) is 3.57. The van der Waals surface area contributed by atoms with E-state index < -0.39 is 23.8 Å². The average molecular weight is 491 g/mol. The van der Waals surface area contributed by atoms with Gasteiger partial charge in [0, 0.05) is 6.54 Å². The molecule has 1 atom stereocenters. The van der Waals surface area contributed by atoms with E-state index in [0.29, 0.717) is 17.8 Å². The van der Waals surface area contributed by atoms with Crippen LogP contribution in [0.3, 0.4) is 0 Å². The van der Waals surface area contributed by atoms with Crippen molar-refractivity contribution in [3.63, 3.8) is 0 Å². The minimum atomic E-state index is -1.000. The van der Waals surface area contributed by atoms with Crippen LogP contribution in [0.2, 0.25) is 0 Å². The summed E-state index contributed by atoms with van der Waals surface area (Å²) in [5, 5.41) is 13.3. The molecule has 0 spiro atoms. The third kappa shape index (κ3) is 4.59. The van der Waals surface area contributed by atoms with E-state index in [1.807, 2.05) is 6.92 Å². The molecule has 0 radical (unpaired) electrons. The second-order valence-corrected chi connectivity index (χ2v) is 7.59. The van der Waals surface area contributed by atoms with Crippen molar-refractivity contribution < 1.29 is 28.6 Å². The van der Waals surface area contributed by atoms with E-state index >= 15 is 0 Å². The number of carbonyl (C=O) groups is 3. The van der Waals surface area contributed by atoms with Gasteiger partial charge in [0.2, 0.25) is 0 Å². The molecule has 0 aromatic heterocycles. The summed E-state index contributed by atoms with van der Waals surface area (Å²) in [6, 6.07) is 15.4. The fourth-order valence-corrected chi connectivity index (χ4v) is 4.06. The highest BCUT2D eigenvalue weighted by atomic mass is 16.5. The van der Waals surface area contributed by atoms with Crippen LogP contribution in [0.4, 0.5) is 11.4 Å². The third-order valence-electron chi connectivity index (χ3n) is 5.64. The number of anilines is 2. The molecule has 0 saturated carbocycles. The Morgan fingerprint density at radius 2 is 1.64 bits per heavy atom. The van der Waals surface area contributed by atoms with Gasteiger partial charge >= 0.3 is 17.9 Å². The highest BCUT2D eigenvalue weighted by Crippen LogP contribution is 2.45. The minimum Gasteiger partial charge on any atom is -0.466 e. The quantitative estimate of drug-likeness (QED) is 0.439. The topological polar surface area (TPSA) is 144 Å². The number of allylic oxidation sites excluding steroid dienone is 1. The molecule has 0 bridgehead atoms. The number of nitrogens with two attached hydrogens (primary N) is 1. The third-order valence-corrected chi connectivity index (χ3v) is 5.64. The number of nitrogens with one attached hydrogen (secondary N) is 1. The lowest BCUT2D eigenvalue weighted by Gasteiger charge is -2.36. The zero-order chi connectivity index (χ0) is 26.4. The van der Waals surface area contributed by atoms with E-state index in [0.717, 1.165) is 7.11 Å². The molecular formula is C26H26N4O6. The molecule has 0 amide bonds. The fraction of sp³-hybridized carbons (Fsp3) is 0.231. The lowest BCUT2D eigenvalue weighted by atomic mass is 9.81. The summed E-state index contributed by atoms with van der Waals surface area (Å²) in [4.78, 5) is 40.0. The van der Waals surface area contributed by atoms with E-state index in [2.05, 4.69) is 11.4 Å². The largest absolute Gasteiger partial charge is 0.466 e. The number of nitrogens with zero attached hydrogens (tertiary/aromatic N) is 2. The number of esters is 3. The number of carbonyl (C=O) groups excluding carboxylic acids is 3. The molecule has 10 nitrogen and oxygen atoms in total. The normalized spacial score (nSPS) is 15.2. The van der Waals surface area contributed by atoms with Crippen LogP contribution in [0.5, 0.6) is 0 Å². The smallest absolute Gasteiger partial charge is 0.355 e. The Morgan fingerprint density at radius 1 is 1.00 bits per heavy atom. The van der Waals surface area contributed by atoms with Crippen molar-refractivity contribution in [3.8, 4) is 6.07 Å². The van der Waals surface area contributed by atoms with Crippen LogP contribution < -0.4 is 16.0 Å². The van der Waals surface area contributed by atoms with Crippen molar-refractivity contribution in [1.29, 1.82) is 5.26 Å². The fourth-order valence-electron chi connectivity index (χ4n) is 4.06. The summed E-state index contributed by atoms with van der Waals surface area (Å²) in [6.07, 6.45) is 0. The zero-order valence-electron chi connectivity index (χ0n) is 20.3. The molecule has 10 heteroatoms. The lowest BCUT2D eigenvalue weighted by molar-refractivity contribution is -0.139. The molecule has 1 heterocycles. The molecule has 3 N–H and O–H groups in total. The maximum absolute atomic E-state index is 13.2. The second kappa shape index (κ2) is 11.1. The van der Waals surface area contributed by atoms with Gasteiger partial charge < -0.3 is 25.3 Å². The highest BCUT2D eigenvalue weighted by molar-refractivity contribution is 6.07. The van der Waals surface area contributed by atoms with Crippen molar-refractivity contribution in [2.45, 2.75) is 12.8 Å². The Bertz CT molecular complexity index is 1290. The molecule has 36 heavy (non-hydrogen) atoms. The van der Waals surface area contributed by atoms with E-state index in [-0.39, 0.29) is 33.9 Å². The number of hydrogen-bond donors (Lipinski definition) is 2. The van der Waals surface area contributed by atoms with E-state index in [9.17, 15) is 19.6 Å². The number of ether oxygens (including phenoxy) is 3. The van der Waals surface area contributed by atoms with Gasteiger partial charge in [0.15, 0.2) is 0 Å². The van der Waals surface area contributed by atoms with Gasteiger partial charge in [0.05, 0.1) is 61.4 Å². The van der Waals surface area contributed by atoms with Crippen molar-refractivity contribution in [1.82, 2.24) is 0 Å². The first-order chi connectivity index (χ1) is 17.3. The van der Waals surface area contributed by atoms with Gasteiger partial charge in [-0.15, -0.1) is 0 Å². The van der Waals surface area contributed by atoms with Gasteiger partial charge in [-0.3, -0.25) is 4.90 Å². The molecule has 2 aromatic rings. The van der Waals surface area contributed by atoms with Gasteiger partial charge in [-0.1, -0.05) is 30.3 Å². The summed E-state index contributed by atoms with van der Waals surface area (Å²) < 4.78 is 14.9. The van der Waals surface area contributed by atoms with Gasteiger partial charge in [-0.2, -0.15) is 5.26 Å². The summed E-state index contributed by atoms with van der Waals surface area (Å²) in [5.74, 6) is -3.47. The number of nitriles is 1. The van der Waals surface area contributed by atoms with Crippen molar-refractivity contribution in [2.24, 2.45) is 5.73 Å². The van der Waals surface area contributed by atoms with Crippen LogP contribution >= 0.6 is 0 Å². The van der Waals surface area contributed by atoms with Crippen LogP contribution in [-0.2, 0) is 23.8 Å². The number of methoxy groups -OCH3 is 3. The summed E-state index contributed by atoms with van der Waals surface area (Å²) in [5.41, 5.74) is 7.62. The Hall–Kier alpha value is -4.78. The van der Waals surface area contributed by atoms with Crippen LogP contribution in [0.1, 0.15) is 28.8 Å². The van der Waals surface area contributed by atoms with Crippen LogP contribution in [0.25, 0.3) is 0 Å². The molecule has 0 fully saturated rings. The van der Waals surface area contributed by atoms with Gasteiger partial charge in [-0.25, -0.2) is 14.4 Å². The van der Waals surface area contributed by atoms with E-state index in [1.165, 1.54) is 31.3 Å². The van der Waals surface area contributed by atoms with Crippen LogP contribution in [0.15, 0.2) is 71.2 Å². The van der Waals surface area contributed by atoms with Gasteiger partial charge in [0.25, 0.3) is 0 Å². The SMILES string of the molecule is CCNc1ccc(C(=O)OC)cc1N1C(N)=C(C#N)C(c2ccccc2)C(C(=O)OC)=C1C(=O)OC. The average Bonchev–Trinajstić information content (AvgIpc) is 2.91. The maximum atomic E-state index is 13.2. The Morgan fingerprint density at radius 3 is 2.19 bits per heavy atom. The predicted octanol–water partition coefficient (Wildman–Crippen LogP) is 2.80. The Labute approximate surface area is 208 Å². The Kier molecular flexibility index (Phi) is 7.96. The molecule has 1 aliphatic rings. The molecule has 0 aliphatic carbocycles. The molecule has 0 saturated heterocycles. The van der Waals surface area contributed by atoms with Crippen molar-refractivity contribution in [2.75, 3.05) is 38.1 Å². The molecule has 1 aliphatic heterocycles. The lowest BCUT2D eigenvalue weighted by Crippen LogP contribution is -2.41. The van der Waals surface area contributed by atoms with E-state index in [4.69, 9.17) is 19.9 Å². The van der Waals surface area contributed by atoms with Gasteiger partial charge in [0.1, 0.15) is 11.5 Å². The van der Waals surface area contributed by atoms with Crippen LogP contribution in [-0.4, -0.2) is 45.8 Å². The molecule has 3 rings (SSSR count). The van der Waals surface area contributed by atoms with Gasteiger partial charge in [-0.05, 0) is 30.7 Å². The maximum Gasteiger partial charge on any atom is 0.355 e. The van der Waals surface area contributed by atoms with Crippen molar-refractivity contribution >= 4 is 29.3 Å². The van der Waals surface area contributed by atoms with Crippen LogP contribution in [0, 0.1) is 11.3 Å². The first-order valence-electron chi connectivity index (χ1n) is 11.0. The molecule has 1 unspecified atom stereocenters. The minimum absolute atomic E-state index is 0.0140. The Balaban J connectivity index is 2.47. The number of benzene rings is 2. The summed E-state index contributed by atoms with van der Waals surface area (Å²) >= 11 is 0. The molecule has 186 valence electrons. The summed E-state index contributed by atoms with van der Waals surface area (Å²) in [6.45, 7) is 2.34. The first-order valence-corrected chi connectivity index (χ1v) is 11.0. The highest BCUT2D eigenvalue weighted by Gasteiger charge is 2.43. The number of rotatable bonds is 7. The predicted molar refractivity (Wildman–Crippen MR) is 131 cm³/mol. The second-order valence-electron chi connectivity index (χ2n) is 7.59. The van der Waals surface area contributed by atoms with Crippen molar-refractivity contribution in [3.05, 3.63) is 82.3 Å². The standard InChI is InChI=1S/C26H26N4O6/c1-5-29-18-12-11-16(24(31)34-2)13-19(18)30-22(26(33)36-4)21(25(32)35-3)20(17(14-27)23(30)28)15-9-7-6-8-10-15/h6-13,20,29H,5,28H2,1-4H3. The first kappa shape index (κ1) is 25.8. The molecule has 2 aromatic carbocycles. The number of hydrogen-bond acceptors (Lipinski definition) is 10. The zero-order valence-corrected chi connectivity index (χ0v) is 20.3. The monoisotopic (exact) mass is 490 g/mol.